The molecule has 8 heteroatoms. The molecule has 0 fully saturated rings. The Kier molecular flexibility index (Phi) is 4.59. The molecule has 0 bridgehead atoms. The van der Waals surface area contributed by atoms with Gasteiger partial charge in [0.05, 0.1) is 16.9 Å². The Bertz CT molecular complexity index is 1160. The SMILES string of the molecule is O=C(Nc1cccc2cccnc12)c1ccc(Nc2ccc(F)cc2F)nn1. The standard InChI is InChI=1S/C20H13F2N5O/c21-13-6-7-15(14(22)11-13)24-18-9-8-17(26-27-18)20(28)25-16-5-1-3-12-4-2-10-23-19(12)16/h1-11H,(H,24,27)(H,25,28). The molecule has 2 N–H and O–H groups in total. The van der Waals surface area contributed by atoms with E-state index in [1.54, 1.807) is 12.3 Å². The molecular weight excluding hydrogens is 364 g/mol. The second kappa shape index (κ2) is 7.36. The third-order valence-corrected chi connectivity index (χ3v) is 3.97. The van der Waals surface area contributed by atoms with Crippen molar-refractivity contribution in [3.8, 4) is 0 Å². The van der Waals surface area contributed by atoms with Crippen molar-refractivity contribution >= 4 is 34.0 Å². The van der Waals surface area contributed by atoms with Gasteiger partial charge in [0.2, 0.25) is 0 Å². The number of hydrogen-bond donors (Lipinski definition) is 2. The number of carbonyl (C=O) groups is 1. The lowest BCUT2D eigenvalue weighted by atomic mass is 10.2. The molecule has 2 heterocycles. The predicted molar refractivity (Wildman–Crippen MR) is 101 cm³/mol. The normalized spacial score (nSPS) is 10.6. The Balaban J connectivity index is 1.51. The highest BCUT2D eigenvalue weighted by Crippen LogP contribution is 2.22. The van der Waals surface area contributed by atoms with Gasteiger partial charge in [-0.3, -0.25) is 9.78 Å². The number of hydrogen-bond acceptors (Lipinski definition) is 5. The van der Waals surface area contributed by atoms with E-state index in [9.17, 15) is 13.6 Å². The van der Waals surface area contributed by atoms with Crippen LogP contribution in [0.25, 0.3) is 10.9 Å². The summed E-state index contributed by atoms with van der Waals surface area (Å²) in [4.78, 5) is 16.7. The smallest absolute Gasteiger partial charge is 0.276 e. The molecule has 0 atom stereocenters. The first kappa shape index (κ1) is 17.5. The van der Waals surface area contributed by atoms with Crippen LogP contribution in [-0.2, 0) is 0 Å². The summed E-state index contributed by atoms with van der Waals surface area (Å²) in [6, 6.07) is 15.2. The first-order valence-corrected chi connectivity index (χ1v) is 8.31. The lowest BCUT2D eigenvalue weighted by molar-refractivity contribution is 0.102. The van der Waals surface area contributed by atoms with Crippen LogP contribution in [0.3, 0.4) is 0 Å². The second-order valence-corrected chi connectivity index (χ2v) is 5.89. The fourth-order valence-electron chi connectivity index (χ4n) is 2.64. The average molecular weight is 377 g/mol. The van der Waals surface area contributed by atoms with Crippen LogP contribution in [-0.4, -0.2) is 21.1 Å². The number of carbonyl (C=O) groups excluding carboxylic acids is 1. The van der Waals surface area contributed by atoms with Crippen molar-refractivity contribution in [1.29, 1.82) is 0 Å². The highest BCUT2D eigenvalue weighted by atomic mass is 19.1. The Labute approximate surface area is 158 Å². The number of halogens is 2. The zero-order valence-electron chi connectivity index (χ0n) is 14.4. The van der Waals surface area contributed by atoms with Crippen molar-refractivity contribution in [2.24, 2.45) is 0 Å². The van der Waals surface area contributed by atoms with Gasteiger partial charge in [0, 0.05) is 17.6 Å². The number of rotatable bonds is 4. The van der Waals surface area contributed by atoms with Crippen LogP contribution in [0.1, 0.15) is 10.5 Å². The molecule has 0 saturated heterocycles. The van der Waals surface area contributed by atoms with Gasteiger partial charge in [-0.15, -0.1) is 10.2 Å². The molecule has 2 aromatic carbocycles. The first-order valence-electron chi connectivity index (χ1n) is 8.31. The fourth-order valence-corrected chi connectivity index (χ4v) is 2.64. The molecule has 0 saturated carbocycles. The Morgan fingerprint density at radius 2 is 1.75 bits per heavy atom. The van der Waals surface area contributed by atoms with Crippen molar-refractivity contribution in [3.05, 3.63) is 84.2 Å². The van der Waals surface area contributed by atoms with E-state index in [-0.39, 0.29) is 17.2 Å². The third-order valence-electron chi connectivity index (χ3n) is 3.97. The molecule has 2 aromatic heterocycles. The molecule has 28 heavy (non-hydrogen) atoms. The molecule has 0 unspecified atom stereocenters. The van der Waals surface area contributed by atoms with Gasteiger partial charge in [-0.2, -0.15) is 0 Å². The van der Waals surface area contributed by atoms with Gasteiger partial charge < -0.3 is 10.6 Å². The van der Waals surface area contributed by atoms with Gasteiger partial charge in [-0.05, 0) is 36.4 Å². The van der Waals surface area contributed by atoms with Crippen molar-refractivity contribution in [1.82, 2.24) is 15.2 Å². The van der Waals surface area contributed by atoms with Gasteiger partial charge >= 0.3 is 0 Å². The highest BCUT2D eigenvalue weighted by molar-refractivity contribution is 6.07. The maximum Gasteiger partial charge on any atom is 0.276 e. The quantitative estimate of drug-likeness (QED) is 0.554. The van der Waals surface area contributed by atoms with E-state index < -0.39 is 17.5 Å². The van der Waals surface area contributed by atoms with E-state index in [4.69, 9.17) is 0 Å². The zero-order valence-corrected chi connectivity index (χ0v) is 14.4. The molecule has 0 radical (unpaired) electrons. The van der Waals surface area contributed by atoms with Crippen LogP contribution in [0.15, 0.2) is 66.9 Å². The number of pyridine rings is 1. The van der Waals surface area contributed by atoms with Crippen molar-refractivity contribution in [3.63, 3.8) is 0 Å². The number of nitrogens with one attached hydrogen (secondary N) is 2. The summed E-state index contributed by atoms with van der Waals surface area (Å²) in [5, 5.41) is 14.1. The van der Waals surface area contributed by atoms with Gasteiger partial charge in [0.15, 0.2) is 11.5 Å². The Morgan fingerprint density at radius 3 is 2.54 bits per heavy atom. The molecule has 0 aliphatic rings. The summed E-state index contributed by atoms with van der Waals surface area (Å²) < 4.78 is 26.7. The predicted octanol–water partition coefficient (Wildman–Crippen LogP) is 4.30. The number of anilines is 3. The summed E-state index contributed by atoms with van der Waals surface area (Å²) in [6.07, 6.45) is 1.65. The van der Waals surface area contributed by atoms with Crippen LogP contribution in [0.2, 0.25) is 0 Å². The van der Waals surface area contributed by atoms with Crippen molar-refractivity contribution in [2.45, 2.75) is 0 Å². The zero-order chi connectivity index (χ0) is 19.5. The largest absolute Gasteiger partial charge is 0.336 e. The minimum absolute atomic E-state index is 0.0507. The summed E-state index contributed by atoms with van der Waals surface area (Å²) in [7, 11) is 0. The first-order chi connectivity index (χ1) is 13.6. The number of aromatic nitrogens is 3. The van der Waals surface area contributed by atoms with E-state index >= 15 is 0 Å². The van der Waals surface area contributed by atoms with Gasteiger partial charge in [0.1, 0.15) is 11.6 Å². The van der Waals surface area contributed by atoms with Crippen LogP contribution in [0, 0.1) is 11.6 Å². The van der Waals surface area contributed by atoms with Gasteiger partial charge in [-0.25, -0.2) is 8.78 Å². The lowest BCUT2D eigenvalue weighted by Gasteiger charge is -2.08. The number of amides is 1. The average Bonchev–Trinajstić information content (AvgIpc) is 2.71. The van der Waals surface area contributed by atoms with Gasteiger partial charge in [-0.1, -0.05) is 18.2 Å². The third kappa shape index (κ3) is 3.61. The summed E-state index contributed by atoms with van der Waals surface area (Å²) in [5.41, 5.74) is 1.35. The Hall–Kier alpha value is -3.94. The van der Waals surface area contributed by atoms with Crippen LogP contribution >= 0.6 is 0 Å². The maximum absolute atomic E-state index is 13.7. The van der Waals surface area contributed by atoms with Crippen molar-refractivity contribution in [2.75, 3.05) is 10.6 Å². The maximum atomic E-state index is 13.7. The summed E-state index contributed by atoms with van der Waals surface area (Å²) >= 11 is 0. The molecular formula is C20H13F2N5O. The number of benzene rings is 2. The minimum Gasteiger partial charge on any atom is -0.336 e. The molecule has 0 spiro atoms. The monoisotopic (exact) mass is 377 g/mol. The number of para-hydroxylation sites is 1. The Morgan fingerprint density at radius 1 is 0.893 bits per heavy atom. The van der Waals surface area contributed by atoms with E-state index in [0.29, 0.717) is 11.2 Å². The lowest BCUT2D eigenvalue weighted by Crippen LogP contribution is -2.15. The van der Waals surface area contributed by atoms with E-state index in [1.807, 2.05) is 24.3 Å². The second-order valence-electron chi connectivity index (χ2n) is 5.89. The van der Waals surface area contributed by atoms with E-state index in [1.165, 1.54) is 18.2 Å². The number of nitrogens with zero attached hydrogens (tertiary/aromatic N) is 3. The van der Waals surface area contributed by atoms with E-state index in [0.717, 1.165) is 17.5 Å². The van der Waals surface area contributed by atoms with Gasteiger partial charge in [0.25, 0.3) is 5.91 Å². The summed E-state index contributed by atoms with van der Waals surface area (Å²) in [5.74, 6) is -1.67. The van der Waals surface area contributed by atoms with E-state index in [2.05, 4.69) is 25.8 Å². The summed E-state index contributed by atoms with van der Waals surface area (Å²) in [6.45, 7) is 0. The fraction of sp³-hybridized carbons (Fsp3) is 0. The molecule has 4 rings (SSSR count). The number of fused-ring (bicyclic) bond motifs is 1. The minimum atomic E-state index is -0.757. The molecule has 0 aliphatic carbocycles. The topological polar surface area (TPSA) is 79.8 Å². The highest BCUT2D eigenvalue weighted by Gasteiger charge is 2.12. The van der Waals surface area contributed by atoms with Crippen LogP contribution in [0.5, 0.6) is 0 Å². The van der Waals surface area contributed by atoms with Crippen molar-refractivity contribution < 1.29 is 13.6 Å². The van der Waals surface area contributed by atoms with Crippen LogP contribution in [0.4, 0.5) is 26.0 Å². The molecule has 0 aliphatic heterocycles. The molecule has 4 aromatic rings. The molecule has 1 amide bonds. The van der Waals surface area contributed by atoms with Crippen LogP contribution < -0.4 is 10.6 Å². The molecule has 6 nitrogen and oxygen atoms in total. The molecule has 138 valence electrons.